The SMILES string of the molecule is Cc1cc(NC(=O)c2ccoc2)n[nH]1. The predicted molar refractivity (Wildman–Crippen MR) is 50.0 cm³/mol. The van der Waals surface area contributed by atoms with E-state index in [1.807, 2.05) is 6.92 Å². The normalized spacial score (nSPS) is 10.1. The van der Waals surface area contributed by atoms with E-state index in [0.717, 1.165) is 5.69 Å². The molecule has 14 heavy (non-hydrogen) atoms. The van der Waals surface area contributed by atoms with Crippen molar-refractivity contribution in [3.05, 3.63) is 35.9 Å². The highest BCUT2D eigenvalue weighted by Crippen LogP contribution is 2.07. The molecule has 0 radical (unpaired) electrons. The molecule has 0 aromatic carbocycles. The molecule has 2 heterocycles. The van der Waals surface area contributed by atoms with Crippen molar-refractivity contribution in [3.63, 3.8) is 0 Å². The summed E-state index contributed by atoms with van der Waals surface area (Å²) in [5, 5.41) is 9.23. The van der Waals surface area contributed by atoms with E-state index in [4.69, 9.17) is 4.42 Å². The van der Waals surface area contributed by atoms with Gasteiger partial charge in [0, 0.05) is 11.8 Å². The molecule has 0 aliphatic carbocycles. The topological polar surface area (TPSA) is 70.9 Å². The van der Waals surface area contributed by atoms with Crippen molar-refractivity contribution < 1.29 is 9.21 Å². The van der Waals surface area contributed by atoms with Crippen LogP contribution in [-0.4, -0.2) is 16.1 Å². The van der Waals surface area contributed by atoms with Gasteiger partial charge in [-0.05, 0) is 13.0 Å². The summed E-state index contributed by atoms with van der Waals surface area (Å²) in [6, 6.07) is 3.34. The van der Waals surface area contributed by atoms with Crippen LogP contribution >= 0.6 is 0 Å². The lowest BCUT2D eigenvalue weighted by Gasteiger charge is -1.96. The van der Waals surface area contributed by atoms with Gasteiger partial charge in [-0.25, -0.2) is 0 Å². The lowest BCUT2D eigenvalue weighted by atomic mass is 10.3. The Morgan fingerprint density at radius 3 is 3.07 bits per heavy atom. The average Bonchev–Trinajstić information content (AvgIpc) is 2.75. The van der Waals surface area contributed by atoms with Crippen molar-refractivity contribution in [2.24, 2.45) is 0 Å². The van der Waals surface area contributed by atoms with Crippen molar-refractivity contribution in [2.45, 2.75) is 6.92 Å². The summed E-state index contributed by atoms with van der Waals surface area (Å²) in [4.78, 5) is 11.5. The fraction of sp³-hybridized carbons (Fsp3) is 0.111. The first-order chi connectivity index (χ1) is 6.75. The van der Waals surface area contributed by atoms with Gasteiger partial charge in [0.05, 0.1) is 11.8 Å². The van der Waals surface area contributed by atoms with E-state index in [1.165, 1.54) is 12.5 Å². The Bertz CT molecular complexity index is 431. The van der Waals surface area contributed by atoms with E-state index in [1.54, 1.807) is 12.1 Å². The lowest BCUT2D eigenvalue weighted by molar-refractivity contribution is 0.102. The Hall–Kier alpha value is -2.04. The lowest BCUT2D eigenvalue weighted by Crippen LogP contribution is -2.10. The molecule has 0 saturated heterocycles. The van der Waals surface area contributed by atoms with E-state index in [9.17, 15) is 4.79 Å². The van der Waals surface area contributed by atoms with Gasteiger partial charge in [0.2, 0.25) is 0 Å². The molecule has 2 N–H and O–H groups in total. The maximum absolute atomic E-state index is 11.5. The second kappa shape index (κ2) is 3.37. The molecule has 0 bridgehead atoms. The first kappa shape index (κ1) is 8.55. The van der Waals surface area contributed by atoms with Crippen LogP contribution in [0.3, 0.4) is 0 Å². The van der Waals surface area contributed by atoms with Gasteiger partial charge >= 0.3 is 0 Å². The summed E-state index contributed by atoms with van der Waals surface area (Å²) in [6.07, 6.45) is 2.83. The maximum atomic E-state index is 11.5. The molecule has 0 aliphatic rings. The van der Waals surface area contributed by atoms with Crippen LogP contribution < -0.4 is 5.32 Å². The van der Waals surface area contributed by atoms with Crippen LogP contribution in [0.1, 0.15) is 16.1 Å². The Kier molecular flexibility index (Phi) is 2.06. The summed E-state index contributed by atoms with van der Waals surface area (Å²) in [7, 11) is 0. The number of carbonyl (C=O) groups is 1. The van der Waals surface area contributed by atoms with Crippen LogP contribution in [0.4, 0.5) is 5.82 Å². The van der Waals surface area contributed by atoms with Crippen LogP contribution in [-0.2, 0) is 0 Å². The van der Waals surface area contributed by atoms with E-state index in [-0.39, 0.29) is 5.91 Å². The first-order valence-electron chi connectivity index (χ1n) is 4.11. The number of H-pyrrole nitrogens is 1. The summed E-state index contributed by atoms with van der Waals surface area (Å²) >= 11 is 0. The Morgan fingerprint density at radius 1 is 1.64 bits per heavy atom. The standard InChI is InChI=1S/C9H9N3O2/c1-6-4-8(12-11-6)10-9(13)7-2-3-14-5-7/h2-5H,1H3,(H2,10,11,12,13). The van der Waals surface area contributed by atoms with Crippen LogP contribution in [0.15, 0.2) is 29.1 Å². The molecule has 5 nitrogen and oxygen atoms in total. The largest absolute Gasteiger partial charge is 0.472 e. The van der Waals surface area contributed by atoms with Gasteiger partial charge < -0.3 is 9.73 Å². The summed E-state index contributed by atoms with van der Waals surface area (Å²) < 4.78 is 4.79. The molecule has 0 aliphatic heterocycles. The molecule has 2 rings (SSSR count). The Labute approximate surface area is 80.1 Å². The molecule has 0 unspecified atom stereocenters. The molecule has 2 aromatic heterocycles. The molecule has 0 atom stereocenters. The Morgan fingerprint density at radius 2 is 2.50 bits per heavy atom. The van der Waals surface area contributed by atoms with Gasteiger partial charge in [0.15, 0.2) is 5.82 Å². The number of anilines is 1. The van der Waals surface area contributed by atoms with E-state index >= 15 is 0 Å². The highest BCUT2D eigenvalue weighted by Gasteiger charge is 2.08. The molecule has 5 heteroatoms. The number of nitrogens with zero attached hydrogens (tertiary/aromatic N) is 1. The van der Waals surface area contributed by atoms with Crippen LogP contribution in [0, 0.1) is 6.92 Å². The molecule has 2 aromatic rings. The van der Waals surface area contributed by atoms with Crippen LogP contribution in [0.2, 0.25) is 0 Å². The van der Waals surface area contributed by atoms with E-state index in [0.29, 0.717) is 11.4 Å². The number of carbonyl (C=O) groups excluding carboxylic acids is 1. The number of nitrogens with one attached hydrogen (secondary N) is 2. The molecular formula is C9H9N3O2. The monoisotopic (exact) mass is 191 g/mol. The van der Waals surface area contributed by atoms with Gasteiger partial charge in [-0.1, -0.05) is 0 Å². The molecule has 0 spiro atoms. The number of aromatic nitrogens is 2. The molecule has 72 valence electrons. The zero-order valence-corrected chi connectivity index (χ0v) is 7.57. The minimum atomic E-state index is -0.231. The highest BCUT2D eigenvalue weighted by atomic mass is 16.3. The smallest absolute Gasteiger partial charge is 0.260 e. The van der Waals surface area contributed by atoms with Crippen molar-refractivity contribution in [2.75, 3.05) is 5.32 Å². The fourth-order valence-electron chi connectivity index (χ4n) is 1.06. The third kappa shape index (κ3) is 1.66. The second-order valence-electron chi connectivity index (χ2n) is 2.90. The van der Waals surface area contributed by atoms with Gasteiger partial charge in [0.25, 0.3) is 5.91 Å². The Balaban J connectivity index is 2.09. The van der Waals surface area contributed by atoms with Crippen molar-refractivity contribution >= 4 is 11.7 Å². The zero-order valence-electron chi connectivity index (χ0n) is 7.57. The number of hydrogen-bond acceptors (Lipinski definition) is 3. The number of aryl methyl sites for hydroxylation is 1. The average molecular weight is 191 g/mol. The quantitative estimate of drug-likeness (QED) is 0.756. The van der Waals surface area contributed by atoms with E-state index in [2.05, 4.69) is 15.5 Å². The second-order valence-corrected chi connectivity index (χ2v) is 2.90. The zero-order chi connectivity index (χ0) is 9.97. The van der Waals surface area contributed by atoms with Gasteiger partial charge in [-0.2, -0.15) is 5.10 Å². The molecule has 0 fully saturated rings. The minimum absolute atomic E-state index is 0.231. The number of furan rings is 1. The molecule has 0 saturated carbocycles. The maximum Gasteiger partial charge on any atom is 0.260 e. The summed E-state index contributed by atoms with van der Waals surface area (Å²) in [5.74, 6) is 0.277. The molecule has 1 amide bonds. The van der Waals surface area contributed by atoms with Crippen molar-refractivity contribution in [3.8, 4) is 0 Å². The van der Waals surface area contributed by atoms with Gasteiger partial charge in [0.1, 0.15) is 6.26 Å². The molecular weight excluding hydrogens is 182 g/mol. The fourth-order valence-corrected chi connectivity index (χ4v) is 1.06. The number of aromatic amines is 1. The highest BCUT2D eigenvalue weighted by molar-refractivity contribution is 6.03. The van der Waals surface area contributed by atoms with E-state index < -0.39 is 0 Å². The van der Waals surface area contributed by atoms with Crippen LogP contribution in [0.5, 0.6) is 0 Å². The summed E-state index contributed by atoms with van der Waals surface area (Å²) in [5.41, 5.74) is 1.37. The third-order valence-corrected chi connectivity index (χ3v) is 1.73. The predicted octanol–water partition coefficient (Wildman–Crippen LogP) is 1.56. The number of rotatable bonds is 2. The van der Waals surface area contributed by atoms with Crippen molar-refractivity contribution in [1.29, 1.82) is 0 Å². The number of hydrogen-bond donors (Lipinski definition) is 2. The van der Waals surface area contributed by atoms with Gasteiger partial charge in [-0.15, -0.1) is 0 Å². The summed E-state index contributed by atoms with van der Waals surface area (Å²) in [6.45, 7) is 1.86. The van der Waals surface area contributed by atoms with Gasteiger partial charge in [-0.3, -0.25) is 9.89 Å². The third-order valence-electron chi connectivity index (χ3n) is 1.73. The minimum Gasteiger partial charge on any atom is -0.472 e. The first-order valence-corrected chi connectivity index (χ1v) is 4.11. The van der Waals surface area contributed by atoms with Crippen LogP contribution in [0.25, 0.3) is 0 Å². The van der Waals surface area contributed by atoms with Crippen molar-refractivity contribution in [1.82, 2.24) is 10.2 Å². The number of amides is 1.